The zero-order valence-corrected chi connectivity index (χ0v) is 13.7. The van der Waals surface area contributed by atoms with E-state index in [-0.39, 0.29) is 0 Å². The molecule has 2 fully saturated rings. The predicted molar refractivity (Wildman–Crippen MR) is 91.2 cm³/mol. The van der Waals surface area contributed by atoms with Crippen LogP contribution in [0.25, 0.3) is 0 Å². The van der Waals surface area contributed by atoms with Crippen LogP contribution in [-0.4, -0.2) is 43.6 Å². The molecule has 0 bridgehead atoms. The molecule has 2 aliphatic heterocycles. The predicted octanol–water partition coefficient (Wildman–Crippen LogP) is 2.35. The van der Waals surface area contributed by atoms with Gasteiger partial charge in [0.2, 0.25) is 0 Å². The number of hydrogen-bond acceptors (Lipinski definition) is 4. The van der Waals surface area contributed by atoms with Gasteiger partial charge in [0.05, 0.1) is 6.61 Å². The number of nitrogens with two attached hydrogens (primary N) is 1. The summed E-state index contributed by atoms with van der Waals surface area (Å²) in [4.78, 5) is 7.94. The summed E-state index contributed by atoms with van der Waals surface area (Å²) < 4.78 is 5.34. The van der Waals surface area contributed by atoms with Gasteiger partial charge in [-0.1, -0.05) is 35.8 Å². The summed E-state index contributed by atoms with van der Waals surface area (Å²) in [6, 6.07) is 8.23. The van der Waals surface area contributed by atoms with Gasteiger partial charge < -0.3 is 15.3 Å². The summed E-state index contributed by atoms with van der Waals surface area (Å²) >= 11 is 0. The van der Waals surface area contributed by atoms with E-state index in [1.54, 1.807) is 0 Å². The maximum absolute atomic E-state index is 6.16. The van der Waals surface area contributed by atoms with Crippen molar-refractivity contribution in [3.05, 3.63) is 35.4 Å². The van der Waals surface area contributed by atoms with E-state index in [1.165, 1.54) is 37.9 Å². The SMILES string of the molecule is N/C(=N\OC[C@@H]1CCOC1)c1ccccc1CN1CCCCC1. The molecule has 0 unspecified atom stereocenters. The molecule has 0 saturated carbocycles. The van der Waals surface area contributed by atoms with Gasteiger partial charge in [-0.2, -0.15) is 0 Å². The number of rotatable bonds is 6. The van der Waals surface area contributed by atoms with E-state index in [4.69, 9.17) is 15.3 Å². The third-order valence-corrected chi connectivity index (χ3v) is 4.63. The van der Waals surface area contributed by atoms with Crippen LogP contribution in [0, 0.1) is 5.92 Å². The number of piperidine rings is 1. The van der Waals surface area contributed by atoms with Gasteiger partial charge in [-0.3, -0.25) is 4.90 Å². The summed E-state index contributed by atoms with van der Waals surface area (Å²) in [5.41, 5.74) is 8.37. The lowest BCUT2D eigenvalue weighted by Gasteiger charge is -2.27. The fourth-order valence-corrected chi connectivity index (χ4v) is 3.24. The zero-order chi connectivity index (χ0) is 15.9. The Morgan fingerprint density at radius 3 is 2.87 bits per heavy atom. The van der Waals surface area contributed by atoms with Crippen LogP contribution in [0.4, 0.5) is 0 Å². The lowest BCUT2D eigenvalue weighted by atomic mass is 10.0. The van der Waals surface area contributed by atoms with Crippen LogP contribution in [0.15, 0.2) is 29.4 Å². The van der Waals surface area contributed by atoms with E-state index >= 15 is 0 Å². The molecule has 0 aliphatic carbocycles. The van der Waals surface area contributed by atoms with Gasteiger partial charge in [-0.15, -0.1) is 0 Å². The largest absolute Gasteiger partial charge is 0.394 e. The maximum atomic E-state index is 6.16. The molecule has 2 aliphatic rings. The van der Waals surface area contributed by atoms with Gasteiger partial charge >= 0.3 is 0 Å². The summed E-state index contributed by atoms with van der Waals surface area (Å²) in [7, 11) is 0. The Hall–Kier alpha value is -1.59. The van der Waals surface area contributed by atoms with Crippen LogP contribution in [0.1, 0.15) is 36.8 Å². The average Bonchev–Trinajstić information content (AvgIpc) is 3.09. The van der Waals surface area contributed by atoms with Crippen molar-refractivity contribution < 1.29 is 9.57 Å². The number of hydrogen-bond donors (Lipinski definition) is 1. The third-order valence-electron chi connectivity index (χ3n) is 4.63. The molecule has 3 rings (SSSR count). The molecule has 2 heterocycles. The molecule has 5 nitrogen and oxygen atoms in total. The normalized spacial score (nSPS) is 23.1. The van der Waals surface area contributed by atoms with Crippen molar-refractivity contribution in [3.8, 4) is 0 Å². The van der Waals surface area contributed by atoms with Crippen molar-refractivity contribution in [1.82, 2.24) is 4.90 Å². The van der Waals surface area contributed by atoms with Gasteiger partial charge in [-0.25, -0.2) is 0 Å². The number of likely N-dealkylation sites (tertiary alicyclic amines) is 1. The zero-order valence-electron chi connectivity index (χ0n) is 13.7. The van der Waals surface area contributed by atoms with Crippen LogP contribution < -0.4 is 5.73 Å². The second kappa shape index (κ2) is 8.31. The third kappa shape index (κ3) is 4.69. The second-order valence-corrected chi connectivity index (χ2v) is 6.50. The van der Waals surface area contributed by atoms with E-state index < -0.39 is 0 Å². The van der Waals surface area contributed by atoms with Crippen LogP contribution >= 0.6 is 0 Å². The minimum Gasteiger partial charge on any atom is -0.394 e. The van der Waals surface area contributed by atoms with Crippen molar-refractivity contribution in [2.75, 3.05) is 32.9 Å². The summed E-state index contributed by atoms with van der Waals surface area (Å²) in [6.45, 7) is 5.44. The van der Waals surface area contributed by atoms with Crippen LogP contribution in [0.2, 0.25) is 0 Å². The molecule has 2 saturated heterocycles. The number of benzene rings is 1. The highest BCUT2D eigenvalue weighted by molar-refractivity contribution is 5.98. The number of nitrogens with zero attached hydrogens (tertiary/aromatic N) is 2. The Kier molecular flexibility index (Phi) is 5.88. The summed E-state index contributed by atoms with van der Waals surface area (Å²) in [6.07, 6.45) is 4.97. The van der Waals surface area contributed by atoms with Crippen molar-refractivity contribution >= 4 is 5.84 Å². The minimum absolute atomic E-state index is 0.440. The Labute approximate surface area is 138 Å². The molecule has 5 heteroatoms. The molecular formula is C18H27N3O2. The fraction of sp³-hybridized carbons (Fsp3) is 0.611. The summed E-state index contributed by atoms with van der Waals surface area (Å²) in [5, 5.41) is 4.13. The van der Waals surface area contributed by atoms with E-state index in [0.717, 1.165) is 31.7 Å². The monoisotopic (exact) mass is 317 g/mol. The van der Waals surface area contributed by atoms with Gasteiger partial charge in [0.15, 0.2) is 5.84 Å². The van der Waals surface area contributed by atoms with Crippen LogP contribution in [0.5, 0.6) is 0 Å². The first-order valence-corrected chi connectivity index (χ1v) is 8.67. The molecule has 0 amide bonds. The highest BCUT2D eigenvalue weighted by Gasteiger charge is 2.17. The molecule has 1 atom stereocenters. The van der Waals surface area contributed by atoms with Crippen molar-refractivity contribution in [2.45, 2.75) is 32.2 Å². The Morgan fingerprint density at radius 1 is 1.26 bits per heavy atom. The van der Waals surface area contributed by atoms with Crippen LogP contribution in [-0.2, 0) is 16.1 Å². The van der Waals surface area contributed by atoms with E-state index in [0.29, 0.717) is 18.4 Å². The Balaban J connectivity index is 1.60. The highest BCUT2D eigenvalue weighted by atomic mass is 16.6. The molecule has 1 aromatic rings. The smallest absolute Gasteiger partial charge is 0.170 e. The standard InChI is InChI=1S/C18H27N3O2/c19-18(20-23-14-15-8-11-22-13-15)17-7-3-2-6-16(17)12-21-9-4-1-5-10-21/h2-3,6-7,15H,1,4-5,8-14H2,(H2,19,20)/t15-/m1/s1. The number of oxime groups is 1. The first kappa shape index (κ1) is 16.3. The minimum atomic E-state index is 0.440. The Bertz CT molecular complexity index is 521. The number of amidine groups is 1. The first-order chi connectivity index (χ1) is 11.3. The van der Waals surface area contributed by atoms with Gasteiger partial charge in [-0.05, 0) is 37.9 Å². The van der Waals surface area contributed by atoms with Gasteiger partial charge in [0, 0.05) is 24.6 Å². The lowest BCUT2D eigenvalue weighted by molar-refractivity contribution is 0.0957. The highest BCUT2D eigenvalue weighted by Crippen LogP contribution is 2.17. The molecule has 2 N–H and O–H groups in total. The van der Waals surface area contributed by atoms with Gasteiger partial charge in [0.25, 0.3) is 0 Å². The average molecular weight is 317 g/mol. The van der Waals surface area contributed by atoms with E-state index in [2.05, 4.69) is 22.2 Å². The fourth-order valence-electron chi connectivity index (χ4n) is 3.24. The van der Waals surface area contributed by atoms with Crippen LogP contribution in [0.3, 0.4) is 0 Å². The van der Waals surface area contributed by atoms with E-state index in [1.807, 2.05) is 12.1 Å². The Morgan fingerprint density at radius 2 is 2.09 bits per heavy atom. The molecule has 0 aromatic heterocycles. The van der Waals surface area contributed by atoms with Crippen molar-refractivity contribution in [3.63, 3.8) is 0 Å². The molecule has 23 heavy (non-hydrogen) atoms. The molecular weight excluding hydrogens is 290 g/mol. The maximum Gasteiger partial charge on any atom is 0.170 e. The van der Waals surface area contributed by atoms with E-state index in [9.17, 15) is 0 Å². The molecule has 0 radical (unpaired) electrons. The molecule has 1 aromatic carbocycles. The van der Waals surface area contributed by atoms with Crippen molar-refractivity contribution in [1.29, 1.82) is 0 Å². The second-order valence-electron chi connectivity index (χ2n) is 6.50. The molecule has 126 valence electrons. The first-order valence-electron chi connectivity index (χ1n) is 8.67. The topological polar surface area (TPSA) is 60.1 Å². The number of ether oxygens (including phenoxy) is 1. The summed E-state index contributed by atoms with van der Waals surface area (Å²) in [5.74, 6) is 0.909. The quantitative estimate of drug-likeness (QED) is 0.497. The van der Waals surface area contributed by atoms with Crippen molar-refractivity contribution in [2.24, 2.45) is 16.8 Å². The van der Waals surface area contributed by atoms with Gasteiger partial charge in [0.1, 0.15) is 6.61 Å². The molecule has 0 spiro atoms. The lowest BCUT2D eigenvalue weighted by Crippen LogP contribution is -2.30.